The molecule has 0 amide bonds. The van der Waals surface area contributed by atoms with Gasteiger partial charge >= 0.3 is 0 Å². The summed E-state index contributed by atoms with van der Waals surface area (Å²) in [6.07, 6.45) is 3.73. The SMILES string of the molecule is CC(C)N(C)c1cc(C#N)c(-c2cnn(C)c2)cc1N(C)C. The van der Waals surface area contributed by atoms with Crippen LogP contribution >= 0.6 is 0 Å². The highest BCUT2D eigenvalue weighted by atomic mass is 15.2. The van der Waals surface area contributed by atoms with E-state index in [1.165, 1.54) is 0 Å². The first-order valence-corrected chi connectivity index (χ1v) is 7.32. The lowest BCUT2D eigenvalue weighted by Crippen LogP contribution is -2.27. The van der Waals surface area contributed by atoms with Gasteiger partial charge < -0.3 is 9.80 Å². The van der Waals surface area contributed by atoms with Crippen molar-refractivity contribution in [2.75, 3.05) is 30.9 Å². The molecule has 0 spiro atoms. The number of nitrogens with zero attached hydrogens (tertiary/aromatic N) is 5. The number of aromatic nitrogens is 2. The highest BCUT2D eigenvalue weighted by Gasteiger charge is 2.17. The van der Waals surface area contributed by atoms with Crippen molar-refractivity contribution in [3.8, 4) is 17.2 Å². The fraction of sp³-hybridized carbons (Fsp3) is 0.412. The highest BCUT2D eigenvalue weighted by Crippen LogP contribution is 2.36. The molecule has 116 valence electrons. The zero-order valence-corrected chi connectivity index (χ0v) is 14.1. The third-order valence-corrected chi connectivity index (χ3v) is 3.89. The standard InChI is InChI=1S/C17H23N5/c1-12(2)22(6)17-7-13(9-18)15(8-16(17)20(3)4)14-10-19-21(5)11-14/h7-8,10-12H,1-6H3. The number of hydrogen-bond donors (Lipinski definition) is 0. The molecule has 1 heterocycles. The van der Waals surface area contributed by atoms with E-state index in [9.17, 15) is 5.26 Å². The van der Waals surface area contributed by atoms with Crippen LogP contribution in [0.2, 0.25) is 0 Å². The van der Waals surface area contributed by atoms with Gasteiger partial charge in [-0.05, 0) is 26.0 Å². The lowest BCUT2D eigenvalue weighted by Gasteiger charge is -2.29. The molecule has 2 rings (SSSR count). The first-order chi connectivity index (χ1) is 10.3. The Morgan fingerprint density at radius 2 is 1.86 bits per heavy atom. The average molecular weight is 297 g/mol. The van der Waals surface area contributed by atoms with Gasteiger partial charge in [-0.1, -0.05) is 0 Å². The van der Waals surface area contributed by atoms with Gasteiger partial charge in [0.2, 0.25) is 0 Å². The second-order valence-electron chi connectivity index (χ2n) is 6.00. The molecule has 1 aromatic carbocycles. The van der Waals surface area contributed by atoms with Crippen LogP contribution in [-0.2, 0) is 7.05 Å². The summed E-state index contributed by atoms with van der Waals surface area (Å²) in [7, 11) is 7.97. The van der Waals surface area contributed by atoms with E-state index in [2.05, 4.69) is 47.9 Å². The minimum Gasteiger partial charge on any atom is -0.376 e. The van der Waals surface area contributed by atoms with Gasteiger partial charge in [0.1, 0.15) is 0 Å². The Labute approximate surface area is 132 Å². The summed E-state index contributed by atoms with van der Waals surface area (Å²) in [4.78, 5) is 4.26. The summed E-state index contributed by atoms with van der Waals surface area (Å²) in [6, 6.07) is 6.72. The Morgan fingerprint density at radius 1 is 1.18 bits per heavy atom. The number of nitriles is 1. The molecule has 2 aromatic rings. The monoisotopic (exact) mass is 297 g/mol. The Bertz CT molecular complexity index is 706. The van der Waals surface area contributed by atoms with Gasteiger partial charge in [-0.15, -0.1) is 0 Å². The maximum Gasteiger partial charge on any atom is 0.0999 e. The second-order valence-corrected chi connectivity index (χ2v) is 6.00. The van der Waals surface area contributed by atoms with Crippen molar-refractivity contribution in [1.29, 1.82) is 5.26 Å². The fourth-order valence-corrected chi connectivity index (χ4v) is 2.39. The lowest BCUT2D eigenvalue weighted by molar-refractivity contribution is 0.753. The minimum atomic E-state index is 0.356. The van der Waals surface area contributed by atoms with Gasteiger partial charge in [-0.2, -0.15) is 10.4 Å². The van der Waals surface area contributed by atoms with E-state index in [0.717, 1.165) is 22.5 Å². The summed E-state index contributed by atoms with van der Waals surface area (Å²) in [5.74, 6) is 0. The van der Waals surface area contributed by atoms with Gasteiger partial charge in [0, 0.05) is 51.6 Å². The van der Waals surface area contributed by atoms with Crippen molar-refractivity contribution in [1.82, 2.24) is 9.78 Å². The smallest absolute Gasteiger partial charge is 0.0999 e. The van der Waals surface area contributed by atoms with Crippen LogP contribution < -0.4 is 9.80 Å². The third-order valence-electron chi connectivity index (χ3n) is 3.89. The van der Waals surface area contributed by atoms with Crippen LogP contribution in [-0.4, -0.2) is 37.0 Å². The summed E-state index contributed by atoms with van der Waals surface area (Å²) in [6.45, 7) is 4.28. The van der Waals surface area contributed by atoms with Crippen molar-refractivity contribution < 1.29 is 0 Å². The fourth-order valence-electron chi connectivity index (χ4n) is 2.39. The molecule has 22 heavy (non-hydrogen) atoms. The Morgan fingerprint density at radius 3 is 2.32 bits per heavy atom. The Balaban J connectivity index is 2.67. The predicted octanol–water partition coefficient (Wildman–Crippen LogP) is 2.87. The zero-order chi connectivity index (χ0) is 16.4. The van der Waals surface area contributed by atoms with E-state index in [-0.39, 0.29) is 0 Å². The van der Waals surface area contributed by atoms with Crippen molar-refractivity contribution >= 4 is 11.4 Å². The van der Waals surface area contributed by atoms with Crippen molar-refractivity contribution in [2.24, 2.45) is 7.05 Å². The van der Waals surface area contributed by atoms with Gasteiger partial charge in [0.15, 0.2) is 0 Å². The summed E-state index contributed by atoms with van der Waals surface area (Å²) < 4.78 is 1.75. The van der Waals surface area contributed by atoms with E-state index in [0.29, 0.717) is 11.6 Å². The number of hydrogen-bond acceptors (Lipinski definition) is 4. The number of benzene rings is 1. The van der Waals surface area contributed by atoms with Crippen LogP contribution in [0.5, 0.6) is 0 Å². The maximum absolute atomic E-state index is 9.55. The zero-order valence-electron chi connectivity index (χ0n) is 14.1. The molecule has 5 nitrogen and oxygen atoms in total. The average Bonchev–Trinajstić information content (AvgIpc) is 2.91. The van der Waals surface area contributed by atoms with E-state index < -0.39 is 0 Å². The lowest BCUT2D eigenvalue weighted by atomic mass is 10.00. The summed E-state index contributed by atoms with van der Waals surface area (Å²) in [5.41, 5.74) is 4.69. The molecule has 0 fully saturated rings. The summed E-state index contributed by atoms with van der Waals surface area (Å²) >= 11 is 0. The van der Waals surface area contributed by atoms with Crippen molar-refractivity contribution in [3.05, 3.63) is 30.1 Å². The molecule has 0 aliphatic heterocycles. The third kappa shape index (κ3) is 2.91. The molecule has 0 saturated carbocycles. The normalized spacial score (nSPS) is 10.6. The Hall–Kier alpha value is -2.48. The molecule has 0 aliphatic rings. The van der Waals surface area contributed by atoms with Crippen molar-refractivity contribution in [2.45, 2.75) is 19.9 Å². The van der Waals surface area contributed by atoms with Crippen LogP contribution in [0.25, 0.3) is 11.1 Å². The first-order valence-electron chi connectivity index (χ1n) is 7.32. The maximum atomic E-state index is 9.55. The predicted molar refractivity (Wildman–Crippen MR) is 91.2 cm³/mol. The number of rotatable bonds is 4. The van der Waals surface area contributed by atoms with Crippen LogP contribution in [0, 0.1) is 11.3 Å². The van der Waals surface area contributed by atoms with Gasteiger partial charge in [0.25, 0.3) is 0 Å². The molecular weight excluding hydrogens is 274 g/mol. The van der Waals surface area contributed by atoms with E-state index in [4.69, 9.17) is 0 Å². The Kier molecular flexibility index (Phi) is 4.41. The molecule has 0 saturated heterocycles. The van der Waals surface area contributed by atoms with Crippen LogP contribution in [0.1, 0.15) is 19.4 Å². The molecule has 5 heteroatoms. The van der Waals surface area contributed by atoms with E-state index >= 15 is 0 Å². The number of anilines is 2. The second kappa shape index (κ2) is 6.10. The largest absolute Gasteiger partial charge is 0.376 e. The van der Waals surface area contributed by atoms with Crippen molar-refractivity contribution in [3.63, 3.8) is 0 Å². The molecule has 0 aliphatic carbocycles. The van der Waals surface area contributed by atoms with Crippen LogP contribution in [0.4, 0.5) is 11.4 Å². The van der Waals surface area contributed by atoms with Gasteiger partial charge in [-0.25, -0.2) is 0 Å². The number of aryl methyl sites for hydroxylation is 1. The van der Waals surface area contributed by atoms with Gasteiger partial charge in [0.05, 0.1) is 29.2 Å². The minimum absolute atomic E-state index is 0.356. The highest BCUT2D eigenvalue weighted by molar-refractivity contribution is 5.82. The molecule has 0 unspecified atom stereocenters. The van der Waals surface area contributed by atoms with Crippen LogP contribution in [0.15, 0.2) is 24.5 Å². The van der Waals surface area contributed by atoms with E-state index in [1.54, 1.807) is 10.9 Å². The topological polar surface area (TPSA) is 48.1 Å². The molecule has 0 bridgehead atoms. The van der Waals surface area contributed by atoms with Gasteiger partial charge in [-0.3, -0.25) is 4.68 Å². The molecular formula is C17H23N5. The molecule has 1 aromatic heterocycles. The first kappa shape index (κ1) is 15.9. The molecule has 0 atom stereocenters. The van der Waals surface area contributed by atoms with E-state index in [1.807, 2.05) is 33.4 Å². The summed E-state index contributed by atoms with van der Waals surface area (Å²) in [5, 5.41) is 13.8. The molecule has 0 radical (unpaired) electrons. The molecule has 0 N–H and O–H groups in total. The quantitative estimate of drug-likeness (QED) is 0.870. The van der Waals surface area contributed by atoms with Crippen LogP contribution in [0.3, 0.4) is 0 Å².